The van der Waals surface area contributed by atoms with E-state index in [1.807, 2.05) is 18.2 Å². The zero-order chi connectivity index (χ0) is 15.2. The maximum Gasteiger partial charge on any atom is 0.167 e. The lowest BCUT2D eigenvalue weighted by Crippen LogP contribution is -2.05. The summed E-state index contributed by atoms with van der Waals surface area (Å²) in [6, 6.07) is 8.87. The quantitative estimate of drug-likeness (QED) is 0.890. The first-order valence-corrected chi connectivity index (χ1v) is 6.57. The molecule has 3 nitrogen and oxygen atoms in total. The van der Waals surface area contributed by atoms with Crippen LogP contribution in [0.4, 0.5) is 8.78 Å². The average Bonchev–Trinajstić information content (AvgIpc) is 2.47. The molecule has 0 saturated carbocycles. The Morgan fingerprint density at radius 3 is 2.48 bits per heavy atom. The van der Waals surface area contributed by atoms with E-state index in [-0.39, 0.29) is 12.4 Å². The summed E-state index contributed by atoms with van der Waals surface area (Å²) in [4.78, 5) is 0. The molecule has 0 saturated heterocycles. The smallest absolute Gasteiger partial charge is 0.167 e. The van der Waals surface area contributed by atoms with Crippen LogP contribution in [0.15, 0.2) is 36.4 Å². The van der Waals surface area contributed by atoms with Crippen molar-refractivity contribution in [2.75, 3.05) is 13.7 Å². The Kier molecular flexibility index (Phi) is 5.11. The van der Waals surface area contributed by atoms with Crippen molar-refractivity contribution in [2.45, 2.75) is 13.0 Å². The molecule has 0 heterocycles. The van der Waals surface area contributed by atoms with Crippen molar-refractivity contribution < 1.29 is 18.3 Å². The van der Waals surface area contributed by atoms with Crippen LogP contribution in [0, 0.1) is 11.6 Å². The summed E-state index contributed by atoms with van der Waals surface area (Å²) in [7, 11) is 1.56. The second-order valence-electron chi connectivity index (χ2n) is 4.55. The van der Waals surface area contributed by atoms with E-state index in [4.69, 9.17) is 15.2 Å². The van der Waals surface area contributed by atoms with Crippen LogP contribution in [0.2, 0.25) is 0 Å². The number of benzene rings is 2. The van der Waals surface area contributed by atoms with Crippen LogP contribution in [0.1, 0.15) is 11.1 Å². The number of methoxy groups -OCH3 is 1. The third-order valence-corrected chi connectivity index (χ3v) is 3.05. The largest absolute Gasteiger partial charge is 0.496 e. The van der Waals surface area contributed by atoms with Crippen LogP contribution in [-0.4, -0.2) is 13.7 Å². The van der Waals surface area contributed by atoms with Gasteiger partial charge >= 0.3 is 0 Å². The molecule has 0 aromatic heterocycles. The summed E-state index contributed by atoms with van der Waals surface area (Å²) < 4.78 is 37.0. The Labute approximate surface area is 122 Å². The highest BCUT2D eigenvalue weighted by molar-refractivity contribution is 5.37. The summed E-state index contributed by atoms with van der Waals surface area (Å²) >= 11 is 0. The molecule has 21 heavy (non-hydrogen) atoms. The molecule has 0 atom stereocenters. The van der Waals surface area contributed by atoms with E-state index in [2.05, 4.69) is 0 Å². The van der Waals surface area contributed by atoms with Gasteiger partial charge in [-0.1, -0.05) is 6.07 Å². The molecule has 5 heteroatoms. The highest BCUT2D eigenvalue weighted by atomic mass is 19.1. The van der Waals surface area contributed by atoms with E-state index in [9.17, 15) is 8.78 Å². The zero-order valence-corrected chi connectivity index (χ0v) is 11.7. The molecule has 2 rings (SSSR count). The summed E-state index contributed by atoms with van der Waals surface area (Å²) in [5.74, 6) is -0.713. The molecule has 0 bridgehead atoms. The molecule has 2 aromatic carbocycles. The van der Waals surface area contributed by atoms with Crippen LogP contribution in [0.5, 0.6) is 11.5 Å². The lowest BCUT2D eigenvalue weighted by atomic mass is 10.1. The van der Waals surface area contributed by atoms with E-state index in [1.54, 1.807) is 7.11 Å². The summed E-state index contributed by atoms with van der Waals surface area (Å²) in [6.07, 6.45) is 0.738. The van der Waals surface area contributed by atoms with Crippen molar-refractivity contribution in [1.82, 2.24) is 0 Å². The van der Waals surface area contributed by atoms with Gasteiger partial charge in [-0.15, -0.1) is 0 Å². The van der Waals surface area contributed by atoms with E-state index >= 15 is 0 Å². The van der Waals surface area contributed by atoms with E-state index in [0.29, 0.717) is 12.3 Å². The van der Waals surface area contributed by atoms with Crippen LogP contribution >= 0.6 is 0 Å². The molecule has 0 aliphatic rings. The summed E-state index contributed by atoms with van der Waals surface area (Å²) in [5.41, 5.74) is 7.37. The van der Waals surface area contributed by atoms with Crippen molar-refractivity contribution in [2.24, 2.45) is 5.73 Å². The van der Waals surface area contributed by atoms with Gasteiger partial charge in [0.05, 0.1) is 7.11 Å². The predicted molar refractivity (Wildman–Crippen MR) is 76.4 cm³/mol. The van der Waals surface area contributed by atoms with E-state index < -0.39 is 11.6 Å². The van der Waals surface area contributed by atoms with E-state index in [1.165, 1.54) is 6.07 Å². The molecule has 0 aliphatic heterocycles. The zero-order valence-electron chi connectivity index (χ0n) is 11.7. The van der Waals surface area contributed by atoms with Gasteiger partial charge in [-0.05, 0) is 42.8 Å². The standard InChI is InChI=1S/C16H17F2NO2/c1-20-15-4-2-11(6-7-19)8-12(15)10-21-16-5-3-13(17)9-14(16)18/h2-5,8-9H,6-7,10,19H2,1H3. The fourth-order valence-corrected chi connectivity index (χ4v) is 2.01. The maximum absolute atomic E-state index is 13.5. The molecule has 112 valence electrons. The molecule has 0 aliphatic carbocycles. The van der Waals surface area contributed by atoms with Gasteiger partial charge in [0.25, 0.3) is 0 Å². The highest BCUT2D eigenvalue weighted by Crippen LogP contribution is 2.24. The molecule has 2 N–H and O–H groups in total. The lowest BCUT2D eigenvalue weighted by Gasteiger charge is -2.12. The Morgan fingerprint density at radius 2 is 1.81 bits per heavy atom. The minimum absolute atomic E-state index is 0.00248. The third kappa shape index (κ3) is 3.92. The number of ether oxygens (including phenoxy) is 2. The van der Waals surface area contributed by atoms with Gasteiger partial charge in [0.15, 0.2) is 11.6 Å². The first-order valence-electron chi connectivity index (χ1n) is 6.57. The number of rotatable bonds is 6. The van der Waals surface area contributed by atoms with Crippen LogP contribution in [0.25, 0.3) is 0 Å². The first kappa shape index (κ1) is 15.3. The molecule has 0 radical (unpaired) electrons. The minimum atomic E-state index is -0.730. The highest BCUT2D eigenvalue weighted by Gasteiger charge is 2.09. The van der Waals surface area contributed by atoms with Crippen molar-refractivity contribution in [3.05, 3.63) is 59.2 Å². The Bertz CT molecular complexity index is 617. The second kappa shape index (κ2) is 7.04. The summed E-state index contributed by atoms with van der Waals surface area (Å²) in [5, 5.41) is 0. The number of halogens is 2. The second-order valence-corrected chi connectivity index (χ2v) is 4.55. The topological polar surface area (TPSA) is 44.5 Å². The molecule has 0 unspecified atom stereocenters. The Morgan fingerprint density at radius 1 is 1.05 bits per heavy atom. The summed E-state index contributed by atoms with van der Waals surface area (Å²) in [6.45, 7) is 0.670. The number of nitrogens with two attached hydrogens (primary N) is 1. The SMILES string of the molecule is COc1ccc(CCN)cc1COc1ccc(F)cc1F. The van der Waals surface area contributed by atoms with Gasteiger partial charge in [0.2, 0.25) is 0 Å². The lowest BCUT2D eigenvalue weighted by molar-refractivity contribution is 0.281. The maximum atomic E-state index is 13.5. The predicted octanol–water partition coefficient (Wildman–Crippen LogP) is 3.05. The van der Waals surface area contributed by atoms with Crippen molar-refractivity contribution >= 4 is 0 Å². The van der Waals surface area contributed by atoms with Gasteiger partial charge in [0, 0.05) is 11.6 Å². The molecule has 2 aromatic rings. The molecule has 0 amide bonds. The fraction of sp³-hybridized carbons (Fsp3) is 0.250. The third-order valence-electron chi connectivity index (χ3n) is 3.05. The van der Waals surface area contributed by atoms with Crippen molar-refractivity contribution in [1.29, 1.82) is 0 Å². The Balaban J connectivity index is 2.16. The minimum Gasteiger partial charge on any atom is -0.496 e. The molecule has 0 spiro atoms. The first-order chi connectivity index (χ1) is 10.1. The van der Waals surface area contributed by atoms with Crippen molar-refractivity contribution in [3.8, 4) is 11.5 Å². The fourth-order valence-electron chi connectivity index (χ4n) is 2.01. The normalized spacial score (nSPS) is 10.5. The van der Waals surface area contributed by atoms with Crippen molar-refractivity contribution in [3.63, 3.8) is 0 Å². The molecule has 0 fully saturated rings. The molecular formula is C16H17F2NO2. The van der Waals surface area contributed by atoms with E-state index in [0.717, 1.165) is 29.7 Å². The van der Waals surface area contributed by atoms with Crippen LogP contribution < -0.4 is 15.2 Å². The van der Waals surface area contributed by atoms with Gasteiger partial charge in [-0.2, -0.15) is 0 Å². The van der Waals surface area contributed by atoms with Gasteiger partial charge in [-0.25, -0.2) is 8.78 Å². The van der Waals surface area contributed by atoms with Crippen LogP contribution in [0.3, 0.4) is 0 Å². The van der Waals surface area contributed by atoms with Gasteiger partial charge in [-0.3, -0.25) is 0 Å². The van der Waals surface area contributed by atoms with Gasteiger partial charge in [0.1, 0.15) is 18.2 Å². The molecular weight excluding hydrogens is 276 g/mol. The Hall–Kier alpha value is -2.14. The monoisotopic (exact) mass is 293 g/mol. The number of hydrogen-bond donors (Lipinski definition) is 1. The van der Waals surface area contributed by atoms with Crippen LogP contribution in [-0.2, 0) is 13.0 Å². The number of hydrogen-bond acceptors (Lipinski definition) is 3. The average molecular weight is 293 g/mol. The van der Waals surface area contributed by atoms with Gasteiger partial charge < -0.3 is 15.2 Å².